The van der Waals surface area contributed by atoms with Gasteiger partial charge in [0, 0.05) is 12.6 Å². The molecule has 3 aromatic rings. The summed E-state index contributed by atoms with van der Waals surface area (Å²) in [6.45, 7) is 0.450. The van der Waals surface area contributed by atoms with E-state index in [4.69, 9.17) is 0 Å². The number of amides is 1. The lowest BCUT2D eigenvalue weighted by Crippen LogP contribution is -2.19. The number of hydrogen-bond acceptors (Lipinski definition) is 5. The van der Waals surface area contributed by atoms with Crippen molar-refractivity contribution < 1.29 is 4.79 Å². The first-order valence-corrected chi connectivity index (χ1v) is 6.84. The summed E-state index contributed by atoms with van der Waals surface area (Å²) in [6, 6.07) is 13.1. The monoisotopic (exact) mass is 294 g/mol. The molecule has 1 N–H and O–H groups in total. The molecule has 0 fully saturated rings. The van der Waals surface area contributed by atoms with Gasteiger partial charge in [-0.25, -0.2) is 10.1 Å². The fourth-order valence-electron chi connectivity index (χ4n) is 1.97. The number of carbonyl (C=O) groups is 1. The molecule has 2 heterocycles. The van der Waals surface area contributed by atoms with Gasteiger partial charge in [0.2, 0.25) is 5.91 Å². The smallest absolute Gasteiger partial charge is 0.241 e. The van der Waals surface area contributed by atoms with E-state index in [-0.39, 0.29) is 12.3 Å². The first-order valence-electron chi connectivity index (χ1n) is 6.84. The second kappa shape index (κ2) is 6.57. The molecule has 0 saturated heterocycles. The number of carbonyl (C=O) groups excluding carboxylic acids is 1. The summed E-state index contributed by atoms with van der Waals surface area (Å²) in [5, 5.41) is 11.9. The van der Waals surface area contributed by atoms with Gasteiger partial charge in [0.25, 0.3) is 0 Å². The number of pyridine rings is 1. The van der Waals surface area contributed by atoms with Gasteiger partial charge >= 0.3 is 0 Å². The Morgan fingerprint density at radius 2 is 2.09 bits per heavy atom. The van der Waals surface area contributed by atoms with E-state index in [0.717, 1.165) is 11.0 Å². The third-order valence-electron chi connectivity index (χ3n) is 3.04. The van der Waals surface area contributed by atoms with E-state index in [9.17, 15) is 4.79 Å². The lowest BCUT2D eigenvalue weighted by atomic mass is 10.3. The fraction of sp³-hybridized carbons (Fsp3) is 0.133. The zero-order valence-corrected chi connectivity index (χ0v) is 11.8. The van der Waals surface area contributed by atoms with Crippen molar-refractivity contribution in [3.8, 4) is 0 Å². The second-order valence-electron chi connectivity index (χ2n) is 4.60. The van der Waals surface area contributed by atoms with Crippen molar-refractivity contribution in [3.05, 3.63) is 54.4 Å². The van der Waals surface area contributed by atoms with Crippen LogP contribution in [0.5, 0.6) is 0 Å². The van der Waals surface area contributed by atoms with E-state index >= 15 is 0 Å². The average Bonchev–Trinajstić information content (AvgIpc) is 2.97. The minimum atomic E-state index is -0.188. The molecule has 0 aliphatic carbocycles. The number of benzene rings is 1. The maximum absolute atomic E-state index is 11.8. The lowest BCUT2D eigenvalue weighted by Gasteiger charge is -2.01. The molecule has 0 atom stereocenters. The van der Waals surface area contributed by atoms with Crippen LogP contribution in [0.2, 0.25) is 0 Å². The standard InChI is InChI=1S/C15H14N6O/c22-15(19-17-11-12-5-3-4-9-16-12)8-10-21-14-7-2-1-6-13(14)18-20-21/h1-7,9,11H,8,10H2,(H,19,22). The van der Waals surface area contributed by atoms with Gasteiger partial charge in [-0.3, -0.25) is 9.78 Å². The summed E-state index contributed by atoms with van der Waals surface area (Å²) in [5.74, 6) is -0.188. The molecule has 0 spiro atoms. The van der Waals surface area contributed by atoms with Crippen LogP contribution >= 0.6 is 0 Å². The molecule has 0 unspecified atom stereocenters. The molecule has 0 radical (unpaired) electrons. The SMILES string of the molecule is O=C(CCn1nnc2ccccc21)NN=Cc1ccccn1. The van der Waals surface area contributed by atoms with Crippen LogP contribution < -0.4 is 5.43 Å². The van der Waals surface area contributed by atoms with Crippen molar-refractivity contribution in [1.82, 2.24) is 25.4 Å². The highest BCUT2D eigenvalue weighted by Crippen LogP contribution is 2.09. The van der Waals surface area contributed by atoms with Crippen LogP contribution in [-0.4, -0.2) is 32.1 Å². The molecule has 1 aromatic carbocycles. The molecule has 7 heteroatoms. The van der Waals surface area contributed by atoms with E-state index in [2.05, 4.69) is 25.8 Å². The maximum Gasteiger partial charge on any atom is 0.241 e. The molecule has 22 heavy (non-hydrogen) atoms. The lowest BCUT2D eigenvalue weighted by molar-refractivity contribution is -0.121. The first-order chi connectivity index (χ1) is 10.8. The summed E-state index contributed by atoms with van der Waals surface area (Å²) < 4.78 is 1.71. The van der Waals surface area contributed by atoms with E-state index in [1.165, 1.54) is 6.21 Å². The van der Waals surface area contributed by atoms with Crippen LogP contribution in [-0.2, 0) is 11.3 Å². The van der Waals surface area contributed by atoms with E-state index in [1.807, 2.05) is 36.4 Å². The van der Waals surface area contributed by atoms with Gasteiger partial charge in [-0.1, -0.05) is 23.4 Å². The van der Waals surface area contributed by atoms with Crippen molar-refractivity contribution >= 4 is 23.2 Å². The Hall–Kier alpha value is -3.09. The number of para-hydroxylation sites is 1. The van der Waals surface area contributed by atoms with Crippen LogP contribution in [0.25, 0.3) is 11.0 Å². The summed E-state index contributed by atoms with van der Waals surface area (Å²) in [7, 11) is 0. The summed E-state index contributed by atoms with van der Waals surface area (Å²) in [6.07, 6.45) is 3.44. The number of rotatable bonds is 5. The zero-order chi connectivity index (χ0) is 15.2. The van der Waals surface area contributed by atoms with Gasteiger partial charge in [0.15, 0.2) is 0 Å². The minimum Gasteiger partial charge on any atom is -0.273 e. The van der Waals surface area contributed by atoms with Gasteiger partial charge in [-0.2, -0.15) is 5.10 Å². The van der Waals surface area contributed by atoms with Gasteiger partial charge in [0.05, 0.1) is 24.0 Å². The molecule has 3 rings (SSSR count). The fourth-order valence-corrected chi connectivity index (χ4v) is 1.97. The Bertz CT molecular complexity index is 796. The molecule has 1 amide bonds. The molecular weight excluding hydrogens is 280 g/mol. The third-order valence-corrected chi connectivity index (χ3v) is 3.04. The van der Waals surface area contributed by atoms with E-state index in [1.54, 1.807) is 16.9 Å². The predicted octanol–water partition coefficient (Wildman–Crippen LogP) is 1.37. The second-order valence-corrected chi connectivity index (χ2v) is 4.60. The van der Waals surface area contributed by atoms with Crippen molar-refractivity contribution in [3.63, 3.8) is 0 Å². The molecule has 2 aromatic heterocycles. The van der Waals surface area contributed by atoms with Gasteiger partial charge in [0.1, 0.15) is 5.52 Å². The normalized spacial score (nSPS) is 11.1. The topological polar surface area (TPSA) is 85.1 Å². The van der Waals surface area contributed by atoms with Gasteiger partial charge in [-0.05, 0) is 24.3 Å². The first kappa shape index (κ1) is 13.9. The number of aromatic nitrogens is 4. The Morgan fingerprint density at radius 3 is 2.95 bits per heavy atom. The maximum atomic E-state index is 11.8. The molecule has 0 saturated carbocycles. The zero-order valence-electron chi connectivity index (χ0n) is 11.8. The van der Waals surface area contributed by atoms with E-state index in [0.29, 0.717) is 12.2 Å². The average molecular weight is 294 g/mol. The molecule has 7 nitrogen and oxygen atoms in total. The molecule has 0 aliphatic rings. The van der Waals surface area contributed by atoms with Crippen LogP contribution in [0.3, 0.4) is 0 Å². The van der Waals surface area contributed by atoms with Gasteiger partial charge in [-0.15, -0.1) is 5.10 Å². The number of aryl methyl sites for hydroxylation is 1. The van der Waals surface area contributed by atoms with Crippen LogP contribution in [0.1, 0.15) is 12.1 Å². The molecular formula is C15H14N6O. The van der Waals surface area contributed by atoms with Crippen LogP contribution in [0.4, 0.5) is 0 Å². The van der Waals surface area contributed by atoms with Crippen LogP contribution in [0, 0.1) is 0 Å². The Kier molecular flexibility index (Phi) is 4.15. The van der Waals surface area contributed by atoms with Crippen molar-refractivity contribution in [2.75, 3.05) is 0 Å². The number of nitrogens with one attached hydrogen (secondary N) is 1. The number of hydrazone groups is 1. The Labute approximate surface area is 126 Å². The largest absolute Gasteiger partial charge is 0.273 e. The highest BCUT2D eigenvalue weighted by molar-refractivity contribution is 5.81. The molecule has 0 bridgehead atoms. The third kappa shape index (κ3) is 3.32. The quantitative estimate of drug-likeness (QED) is 0.569. The number of hydrogen-bond donors (Lipinski definition) is 1. The highest BCUT2D eigenvalue weighted by Gasteiger charge is 2.05. The number of fused-ring (bicyclic) bond motifs is 1. The predicted molar refractivity (Wildman–Crippen MR) is 82.1 cm³/mol. The van der Waals surface area contributed by atoms with Crippen molar-refractivity contribution in [2.24, 2.45) is 5.10 Å². The van der Waals surface area contributed by atoms with Crippen LogP contribution in [0.15, 0.2) is 53.8 Å². The number of nitrogens with zero attached hydrogens (tertiary/aromatic N) is 5. The Balaban J connectivity index is 1.53. The summed E-state index contributed by atoms with van der Waals surface area (Å²) in [4.78, 5) is 15.8. The summed E-state index contributed by atoms with van der Waals surface area (Å²) >= 11 is 0. The highest BCUT2D eigenvalue weighted by atomic mass is 16.2. The van der Waals surface area contributed by atoms with Gasteiger partial charge < -0.3 is 0 Å². The summed E-state index contributed by atoms with van der Waals surface area (Å²) in [5.41, 5.74) is 4.88. The van der Waals surface area contributed by atoms with Crippen molar-refractivity contribution in [2.45, 2.75) is 13.0 Å². The van der Waals surface area contributed by atoms with Crippen molar-refractivity contribution in [1.29, 1.82) is 0 Å². The molecule has 110 valence electrons. The Morgan fingerprint density at radius 1 is 1.23 bits per heavy atom. The molecule has 0 aliphatic heterocycles. The minimum absolute atomic E-state index is 0.188. The van der Waals surface area contributed by atoms with E-state index < -0.39 is 0 Å².